The molecule has 0 bridgehead atoms. The molecule has 0 aliphatic carbocycles. The highest BCUT2D eigenvalue weighted by Crippen LogP contribution is 2.33. The maximum Gasteiger partial charge on any atom is 0.254 e. The number of rotatable bonds is 2. The number of likely N-dealkylation sites (tertiary alicyclic amines) is 1. The highest BCUT2D eigenvalue weighted by molar-refractivity contribution is 9.10. The van der Waals surface area contributed by atoms with Gasteiger partial charge in [0.05, 0.1) is 6.04 Å². The Hall–Kier alpha value is -1.68. The molecule has 0 N–H and O–H groups in total. The lowest BCUT2D eigenvalue weighted by atomic mass is 10.1. The van der Waals surface area contributed by atoms with Crippen molar-refractivity contribution < 1.29 is 4.79 Å². The van der Waals surface area contributed by atoms with Gasteiger partial charge in [0.15, 0.2) is 0 Å². The molecule has 1 saturated heterocycles. The standard InChI is InChI=1S/C16H15BrN2O/c17-15-9-8-13(11-18-15)14-7-4-10-19(14)16(20)12-5-2-1-3-6-12/h1-3,5-6,8-9,11,14H,4,7,10H2/t14-/m0/s1. The molecule has 3 nitrogen and oxygen atoms in total. The van der Waals surface area contributed by atoms with Crippen molar-refractivity contribution in [2.45, 2.75) is 18.9 Å². The summed E-state index contributed by atoms with van der Waals surface area (Å²) >= 11 is 3.34. The second-order valence-corrected chi connectivity index (χ2v) is 5.75. The molecule has 1 atom stereocenters. The van der Waals surface area contributed by atoms with E-state index in [-0.39, 0.29) is 11.9 Å². The minimum atomic E-state index is 0.107. The van der Waals surface area contributed by atoms with E-state index < -0.39 is 0 Å². The fourth-order valence-corrected chi connectivity index (χ4v) is 2.92. The smallest absolute Gasteiger partial charge is 0.254 e. The normalized spacial score (nSPS) is 18.2. The Labute approximate surface area is 126 Å². The van der Waals surface area contributed by atoms with Crippen LogP contribution in [0.3, 0.4) is 0 Å². The van der Waals surface area contributed by atoms with Crippen LogP contribution in [0, 0.1) is 0 Å². The quantitative estimate of drug-likeness (QED) is 0.784. The van der Waals surface area contributed by atoms with Crippen LogP contribution < -0.4 is 0 Å². The summed E-state index contributed by atoms with van der Waals surface area (Å²) in [6, 6.07) is 13.6. The molecule has 1 aromatic heterocycles. The van der Waals surface area contributed by atoms with Crippen molar-refractivity contribution in [3.63, 3.8) is 0 Å². The Morgan fingerprint density at radius 1 is 1.20 bits per heavy atom. The van der Waals surface area contributed by atoms with Crippen LogP contribution in [0.25, 0.3) is 0 Å². The molecule has 0 saturated carbocycles. The molecular weight excluding hydrogens is 316 g/mol. The number of amides is 1. The Bertz CT molecular complexity index is 598. The van der Waals surface area contributed by atoms with Crippen LogP contribution >= 0.6 is 15.9 Å². The van der Waals surface area contributed by atoms with E-state index in [0.717, 1.165) is 35.1 Å². The second-order valence-electron chi connectivity index (χ2n) is 4.94. The Kier molecular flexibility index (Phi) is 3.83. The lowest BCUT2D eigenvalue weighted by Crippen LogP contribution is -2.30. The van der Waals surface area contributed by atoms with Gasteiger partial charge < -0.3 is 4.90 Å². The van der Waals surface area contributed by atoms with Gasteiger partial charge in [-0.1, -0.05) is 24.3 Å². The lowest BCUT2D eigenvalue weighted by Gasteiger charge is -2.25. The minimum absolute atomic E-state index is 0.107. The molecule has 3 rings (SSSR count). The van der Waals surface area contributed by atoms with E-state index in [4.69, 9.17) is 0 Å². The number of halogens is 1. The molecule has 20 heavy (non-hydrogen) atoms. The molecule has 1 aliphatic heterocycles. The molecule has 4 heteroatoms. The number of carbonyl (C=O) groups is 1. The SMILES string of the molecule is O=C(c1ccccc1)N1CCC[C@H]1c1ccc(Br)nc1. The van der Waals surface area contributed by atoms with Crippen LogP contribution in [0.2, 0.25) is 0 Å². The number of benzene rings is 1. The first-order valence-corrected chi connectivity index (χ1v) is 7.52. The van der Waals surface area contributed by atoms with Gasteiger partial charge in [-0.2, -0.15) is 0 Å². The van der Waals surface area contributed by atoms with E-state index in [1.165, 1.54) is 0 Å². The average molecular weight is 331 g/mol. The molecule has 1 amide bonds. The van der Waals surface area contributed by atoms with Crippen LogP contribution in [0.1, 0.15) is 34.8 Å². The summed E-state index contributed by atoms with van der Waals surface area (Å²) in [4.78, 5) is 18.8. The molecule has 1 aliphatic rings. The summed E-state index contributed by atoms with van der Waals surface area (Å²) in [5, 5.41) is 0. The molecule has 2 heterocycles. The van der Waals surface area contributed by atoms with E-state index in [0.29, 0.717) is 0 Å². The van der Waals surface area contributed by atoms with Crippen LogP contribution in [0.5, 0.6) is 0 Å². The van der Waals surface area contributed by atoms with Crippen molar-refractivity contribution in [3.05, 3.63) is 64.4 Å². The summed E-state index contributed by atoms with van der Waals surface area (Å²) in [5.41, 5.74) is 1.86. The zero-order valence-corrected chi connectivity index (χ0v) is 12.6. The zero-order chi connectivity index (χ0) is 13.9. The van der Waals surface area contributed by atoms with Crippen LogP contribution in [0.15, 0.2) is 53.3 Å². The molecular formula is C16H15BrN2O. The molecule has 1 fully saturated rings. The number of carbonyl (C=O) groups excluding carboxylic acids is 1. The summed E-state index contributed by atoms with van der Waals surface area (Å²) in [7, 11) is 0. The van der Waals surface area contributed by atoms with Crippen molar-refractivity contribution >= 4 is 21.8 Å². The van der Waals surface area contributed by atoms with Crippen molar-refractivity contribution in [2.75, 3.05) is 6.54 Å². The fraction of sp³-hybridized carbons (Fsp3) is 0.250. The van der Waals surface area contributed by atoms with Crippen molar-refractivity contribution in [1.29, 1.82) is 0 Å². The van der Waals surface area contributed by atoms with E-state index in [1.807, 2.05) is 53.6 Å². The van der Waals surface area contributed by atoms with Crippen molar-refractivity contribution in [1.82, 2.24) is 9.88 Å². The summed E-state index contributed by atoms with van der Waals surface area (Å²) in [5.74, 6) is 0.107. The third-order valence-electron chi connectivity index (χ3n) is 3.67. The van der Waals surface area contributed by atoms with E-state index in [9.17, 15) is 4.79 Å². The maximum atomic E-state index is 12.6. The number of nitrogens with zero attached hydrogens (tertiary/aromatic N) is 2. The summed E-state index contributed by atoms with van der Waals surface area (Å²) in [6.45, 7) is 0.814. The topological polar surface area (TPSA) is 33.2 Å². The van der Waals surface area contributed by atoms with E-state index >= 15 is 0 Å². The first-order valence-electron chi connectivity index (χ1n) is 6.73. The number of aromatic nitrogens is 1. The Morgan fingerprint density at radius 3 is 2.70 bits per heavy atom. The van der Waals surface area contributed by atoms with Gasteiger partial charge in [0.2, 0.25) is 0 Å². The van der Waals surface area contributed by atoms with Gasteiger partial charge in [-0.25, -0.2) is 4.98 Å². The van der Waals surface area contributed by atoms with E-state index in [1.54, 1.807) is 0 Å². The van der Waals surface area contributed by atoms with Gasteiger partial charge in [-0.05, 0) is 52.5 Å². The Balaban J connectivity index is 1.86. The van der Waals surface area contributed by atoms with Gasteiger partial charge in [0.25, 0.3) is 5.91 Å². The van der Waals surface area contributed by atoms with Gasteiger partial charge in [0.1, 0.15) is 4.60 Å². The highest BCUT2D eigenvalue weighted by Gasteiger charge is 2.30. The predicted molar refractivity (Wildman–Crippen MR) is 81.4 cm³/mol. The molecule has 0 unspecified atom stereocenters. The maximum absolute atomic E-state index is 12.6. The number of hydrogen-bond acceptors (Lipinski definition) is 2. The zero-order valence-electron chi connectivity index (χ0n) is 11.0. The predicted octanol–water partition coefficient (Wildman–Crippen LogP) is 3.82. The number of pyridine rings is 1. The summed E-state index contributed by atoms with van der Waals surface area (Å²) in [6.07, 6.45) is 3.90. The minimum Gasteiger partial charge on any atom is -0.332 e. The van der Waals surface area contributed by atoms with Crippen LogP contribution in [-0.2, 0) is 0 Å². The Morgan fingerprint density at radius 2 is 2.00 bits per heavy atom. The van der Waals surface area contributed by atoms with Crippen molar-refractivity contribution in [2.24, 2.45) is 0 Å². The first kappa shape index (κ1) is 13.3. The van der Waals surface area contributed by atoms with Gasteiger partial charge in [-0.3, -0.25) is 4.79 Å². The van der Waals surface area contributed by atoms with Crippen molar-refractivity contribution in [3.8, 4) is 0 Å². The molecule has 102 valence electrons. The lowest BCUT2D eigenvalue weighted by molar-refractivity contribution is 0.0735. The molecule has 2 aromatic rings. The summed E-state index contributed by atoms with van der Waals surface area (Å²) < 4.78 is 0.820. The highest BCUT2D eigenvalue weighted by atomic mass is 79.9. The molecule has 1 aromatic carbocycles. The van der Waals surface area contributed by atoms with E-state index in [2.05, 4.69) is 20.9 Å². The van der Waals surface area contributed by atoms with Gasteiger partial charge >= 0.3 is 0 Å². The monoisotopic (exact) mass is 330 g/mol. The largest absolute Gasteiger partial charge is 0.332 e. The van der Waals surface area contributed by atoms with Gasteiger partial charge in [0, 0.05) is 18.3 Å². The third-order valence-corrected chi connectivity index (χ3v) is 4.14. The molecule has 0 radical (unpaired) electrons. The van der Waals surface area contributed by atoms with Gasteiger partial charge in [-0.15, -0.1) is 0 Å². The molecule has 0 spiro atoms. The number of hydrogen-bond donors (Lipinski definition) is 0. The van der Waals surface area contributed by atoms with Crippen LogP contribution in [-0.4, -0.2) is 22.3 Å². The third kappa shape index (κ3) is 2.61. The van der Waals surface area contributed by atoms with Crippen LogP contribution in [0.4, 0.5) is 0 Å². The fourth-order valence-electron chi connectivity index (χ4n) is 2.69. The second kappa shape index (κ2) is 5.75. The average Bonchev–Trinajstić information content (AvgIpc) is 2.97. The first-order chi connectivity index (χ1) is 9.75.